The summed E-state index contributed by atoms with van der Waals surface area (Å²) in [7, 11) is -2.42. The van der Waals surface area contributed by atoms with Crippen molar-refractivity contribution < 1.29 is 22.7 Å². The highest BCUT2D eigenvalue weighted by atomic mass is 32.2. The monoisotopic (exact) mass is 485 g/mol. The minimum atomic E-state index is -3.84. The van der Waals surface area contributed by atoms with Gasteiger partial charge in [-0.1, -0.05) is 19.9 Å². The smallest absolute Gasteiger partial charge is 0.255 e. The number of anilines is 1. The third kappa shape index (κ3) is 6.27. The Bertz CT molecular complexity index is 1150. The summed E-state index contributed by atoms with van der Waals surface area (Å²) in [5, 5.41) is 11.4. The quantitative estimate of drug-likeness (QED) is 0.531. The number of methoxy groups -OCH3 is 1. The number of nitrogens with zero attached hydrogens (tertiary/aromatic N) is 2. The fraction of sp³-hybridized carbons (Fsp3) is 0.440. The van der Waals surface area contributed by atoms with E-state index in [0.717, 1.165) is 6.42 Å². The van der Waals surface area contributed by atoms with Crippen molar-refractivity contribution in [3.63, 3.8) is 0 Å². The molecule has 0 spiro atoms. The van der Waals surface area contributed by atoms with Crippen LogP contribution in [0.1, 0.15) is 43.5 Å². The van der Waals surface area contributed by atoms with Gasteiger partial charge in [0.05, 0.1) is 19.8 Å². The molecule has 0 saturated carbocycles. The molecule has 9 heteroatoms. The Morgan fingerprint density at radius 1 is 1.18 bits per heavy atom. The van der Waals surface area contributed by atoms with E-state index in [1.165, 1.54) is 29.6 Å². The fourth-order valence-corrected chi connectivity index (χ4v) is 6.03. The third-order valence-corrected chi connectivity index (χ3v) is 7.53. The van der Waals surface area contributed by atoms with Crippen molar-refractivity contribution in [3.05, 3.63) is 48.0 Å². The SMILES string of the molecule is COc1ccc(C(=O)Nc2cccc(OCCCC#N)c2)cc1S(=O)(=O)N1CC(C)CC(C)C1. The van der Waals surface area contributed by atoms with Gasteiger partial charge in [-0.05, 0) is 55.0 Å². The van der Waals surface area contributed by atoms with Gasteiger partial charge in [-0.15, -0.1) is 0 Å². The van der Waals surface area contributed by atoms with Gasteiger partial charge in [0, 0.05) is 36.8 Å². The molecule has 0 aromatic heterocycles. The van der Waals surface area contributed by atoms with Crippen molar-refractivity contribution in [1.29, 1.82) is 5.26 Å². The zero-order chi connectivity index (χ0) is 24.7. The first kappa shape index (κ1) is 25.5. The predicted molar refractivity (Wildman–Crippen MR) is 129 cm³/mol. The van der Waals surface area contributed by atoms with Crippen molar-refractivity contribution in [2.24, 2.45) is 11.8 Å². The van der Waals surface area contributed by atoms with E-state index < -0.39 is 15.9 Å². The number of benzene rings is 2. The second-order valence-electron chi connectivity index (χ2n) is 8.73. The maximum Gasteiger partial charge on any atom is 0.255 e. The summed E-state index contributed by atoms with van der Waals surface area (Å²) in [4.78, 5) is 12.9. The molecule has 8 nitrogen and oxygen atoms in total. The van der Waals surface area contributed by atoms with Gasteiger partial charge in [0.1, 0.15) is 16.4 Å². The highest BCUT2D eigenvalue weighted by Gasteiger charge is 2.34. The number of sulfonamides is 1. The molecule has 34 heavy (non-hydrogen) atoms. The van der Waals surface area contributed by atoms with Crippen LogP contribution < -0.4 is 14.8 Å². The first-order valence-corrected chi connectivity index (χ1v) is 12.8. The van der Waals surface area contributed by atoms with Crippen molar-refractivity contribution in [3.8, 4) is 17.6 Å². The van der Waals surface area contributed by atoms with Crippen molar-refractivity contribution in [1.82, 2.24) is 4.31 Å². The second-order valence-corrected chi connectivity index (χ2v) is 10.6. The molecular formula is C25H31N3O5S. The van der Waals surface area contributed by atoms with E-state index in [-0.39, 0.29) is 28.0 Å². The summed E-state index contributed by atoms with van der Waals surface area (Å²) < 4.78 is 39.3. The highest BCUT2D eigenvalue weighted by molar-refractivity contribution is 7.89. The lowest BCUT2D eigenvalue weighted by Crippen LogP contribution is -2.42. The number of carbonyl (C=O) groups is 1. The number of nitrogens with one attached hydrogen (secondary N) is 1. The molecule has 1 saturated heterocycles. The zero-order valence-electron chi connectivity index (χ0n) is 19.8. The predicted octanol–water partition coefficient (Wildman–Crippen LogP) is 4.30. The van der Waals surface area contributed by atoms with Crippen LogP contribution in [-0.2, 0) is 10.0 Å². The Morgan fingerprint density at radius 3 is 2.59 bits per heavy atom. The average Bonchev–Trinajstić information content (AvgIpc) is 2.81. The van der Waals surface area contributed by atoms with E-state index in [4.69, 9.17) is 14.7 Å². The van der Waals surface area contributed by atoms with Crippen LogP contribution in [0.25, 0.3) is 0 Å². The molecule has 0 aliphatic carbocycles. The van der Waals surface area contributed by atoms with Gasteiger partial charge in [0.2, 0.25) is 10.0 Å². The normalized spacial score (nSPS) is 18.6. The molecule has 0 radical (unpaired) electrons. The fourth-order valence-electron chi connectivity index (χ4n) is 4.17. The van der Waals surface area contributed by atoms with Crippen molar-refractivity contribution >= 4 is 21.6 Å². The van der Waals surface area contributed by atoms with Gasteiger partial charge in [-0.25, -0.2) is 8.42 Å². The van der Waals surface area contributed by atoms with E-state index in [1.807, 2.05) is 13.8 Å². The molecule has 2 atom stereocenters. The lowest BCUT2D eigenvalue weighted by atomic mass is 9.94. The van der Waals surface area contributed by atoms with Crippen molar-refractivity contribution in [2.75, 3.05) is 32.1 Å². The number of unbranched alkanes of at least 4 members (excludes halogenated alkanes) is 1. The summed E-state index contributed by atoms with van der Waals surface area (Å²) in [6, 6.07) is 13.4. The molecule has 1 fully saturated rings. The Balaban J connectivity index is 1.80. The zero-order valence-corrected chi connectivity index (χ0v) is 20.6. The van der Waals surface area contributed by atoms with Crippen LogP contribution in [0.4, 0.5) is 5.69 Å². The number of amides is 1. The molecule has 1 aliphatic heterocycles. The molecule has 1 aliphatic rings. The summed E-state index contributed by atoms with van der Waals surface area (Å²) in [6.45, 7) is 5.36. The third-order valence-electron chi connectivity index (χ3n) is 5.67. The maximum atomic E-state index is 13.5. The molecule has 3 rings (SSSR count). The minimum absolute atomic E-state index is 0.0153. The van der Waals surface area contributed by atoms with Crippen LogP contribution in [0.5, 0.6) is 11.5 Å². The Morgan fingerprint density at radius 2 is 1.91 bits per heavy atom. The first-order valence-electron chi connectivity index (χ1n) is 11.3. The Kier molecular flexibility index (Phi) is 8.53. The largest absolute Gasteiger partial charge is 0.495 e. The summed E-state index contributed by atoms with van der Waals surface area (Å²) in [5.74, 6) is 0.842. The van der Waals surface area contributed by atoms with Gasteiger partial charge in [0.25, 0.3) is 5.91 Å². The summed E-state index contributed by atoms with van der Waals surface area (Å²) >= 11 is 0. The number of piperidine rings is 1. The van der Waals surface area contributed by atoms with Crippen LogP contribution in [0.3, 0.4) is 0 Å². The number of ether oxygens (including phenoxy) is 2. The second kappa shape index (κ2) is 11.4. The van der Waals surface area contributed by atoms with E-state index in [1.54, 1.807) is 24.3 Å². The molecule has 2 aromatic rings. The van der Waals surface area contributed by atoms with Crippen LogP contribution in [0.2, 0.25) is 0 Å². The van der Waals surface area contributed by atoms with E-state index in [9.17, 15) is 13.2 Å². The molecule has 1 heterocycles. The van der Waals surface area contributed by atoms with Crippen LogP contribution >= 0.6 is 0 Å². The summed E-state index contributed by atoms with van der Waals surface area (Å²) in [6.07, 6.45) is 2.01. The summed E-state index contributed by atoms with van der Waals surface area (Å²) in [5.41, 5.74) is 0.722. The van der Waals surface area contributed by atoms with Gasteiger partial charge in [0.15, 0.2) is 0 Å². The van der Waals surface area contributed by atoms with Gasteiger partial charge >= 0.3 is 0 Å². The molecule has 0 bridgehead atoms. The molecular weight excluding hydrogens is 454 g/mol. The molecule has 2 unspecified atom stereocenters. The standard InChI is InChI=1S/C25H31N3O5S/c1-18-13-19(2)17-28(16-18)34(30,31)24-14-20(9-10-23(24)32-3)25(29)27-21-7-6-8-22(15-21)33-12-5-4-11-26/h6-10,14-15,18-19H,4-5,12-13,16-17H2,1-3H3,(H,27,29). The number of nitriles is 1. The van der Waals surface area contributed by atoms with E-state index in [2.05, 4.69) is 11.4 Å². The van der Waals surface area contributed by atoms with Gasteiger partial charge < -0.3 is 14.8 Å². The van der Waals surface area contributed by atoms with Crippen LogP contribution in [-0.4, -0.2) is 45.4 Å². The van der Waals surface area contributed by atoms with Crippen molar-refractivity contribution in [2.45, 2.75) is 38.0 Å². The van der Waals surface area contributed by atoms with Gasteiger partial charge in [-0.3, -0.25) is 4.79 Å². The highest BCUT2D eigenvalue weighted by Crippen LogP contribution is 2.32. The topological polar surface area (TPSA) is 109 Å². The number of hydrogen-bond acceptors (Lipinski definition) is 6. The Hall–Kier alpha value is -3.09. The van der Waals surface area contributed by atoms with Gasteiger partial charge in [-0.2, -0.15) is 9.57 Å². The average molecular weight is 486 g/mol. The minimum Gasteiger partial charge on any atom is -0.495 e. The maximum absolute atomic E-state index is 13.5. The van der Waals surface area contributed by atoms with Crippen LogP contribution in [0, 0.1) is 23.2 Å². The number of rotatable bonds is 9. The van der Waals surface area contributed by atoms with Crippen LogP contribution in [0.15, 0.2) is 47.4 Å². The number of hydrogen-bond donors (Lipinski definition) is 1. The molecule has 2 aromatic carbocycles. The molecule has 1 amide bonds. The Labute approximate surface area is 201 Å². The van der Waals surface area contributed by atoms with E-state index >= 15 is 0 Å². The van der Waals surface area contributed by atoms with E-state index in [0.29, 0.717) is 44.0 Å². The molecule has 182 valence electrons. The molecule has 1 N–H and O–H groups in total. The number of carbonyl (C=O) groups excluding carboxylic acids is 1. The first-order chi connectivity index (χ1) is 16.2. The lowest BCUT2D eigenvalue weighted by Gasteiger charge is -2.34. The lowest BCUT2D eigenvalue weighted by molar-refractivity contribution is 0.102.